The van der Waals surface area contributed by atoms with Crippen molar-refractivity contribution in [1.29, 1.82) is 0 Å². The molecule has 0 aromatic heterocycles. The monoisotopic (exact) mass is 502 g/mol. The Balaban J connectivity index is 5.45. The third-order valence-electron chi connectivity index (χ3n) is 5.67. The summed E-state index contributed by atoms with van der Waals surface area (Å²) in [5.41, 5.74) is 16.8. The van der Waals surface area contributed by atoms with Gasteiger partial charge in [-0.25, -0.2) is 4.79 Å². The van der Waals surface area contributed by atoms with Gasteiger partial charge in [-0.2, -0.15) is 0 Å². The van der Waals surface area contributed by atoms with Crippen molar-refractivity contribution < 1.29 is 34.2 Å². The summed E-state index contributed by atoms with van der Waals surface area (Å²) in [6.45, 7) is 4.35. The first kappa shape index (κ1) is 32.2. The molecular formula is C22H42N6O7. The van der Waals surface area contributed by atoms with Crippen molar-refractivity contribution in [2.24, 2.45) is 23.1 Å². The Kier molecular flexibility index (Phi) is 16.2. The van der Waals surface area contributed by atoms with E-state index in [1.807, 2.05) is 0 Å². The van der Waals surface area contributed by atoms with Crippen LogP contribution in [0.3, 0.4) is 0 Å². The molecule has 0 fully saturated rings. The fraction of sp³-hybridized carbons (Fsp3) is 0.773. The molecule has 0 aliphatic carbocycles. The number of carboxylic acid groups (broad SMARTS) is 2. The predicted molar refractivity (Wildman–Crippen MR) is 129 cm³/mol. The van der Waals surface area contributed by atoms with Crippen LogP contribution in [-0.4, -0.2) is 77.1 Å². The molecule has 13 heteroatoms. The molecule has 202 valence electrons. The highest BCUT2D eigenvalue weighted by Crippen LogP contribution is 2.11. The van der Waals surface area contributed by atoms with Crippen LogP contribution in [0, 0.1) is 5.92 Å². The van der Waals surface area contributed by atoms with Gasteiger partial charge in [0, 0.05) is 0 Å². The van der Waals surface area contributed by atoms with Gasteiger partial charge in [-0.15, -0.1) is 0 Å². The van der Waals surface area contributed by atoms with Crippen LogP contribution in [0.15, 0.2) is 0 Å². The van der Waals surface area contributed by atoms with Crippen molar-refractivity contribution >= 4 is 29.7 Å². The Labute approximate surface area is 205 Å². The van der Waals surface area contributed by atoms with E-state index in [1.165, 1.54) is 0 Å². The number of carbonyl (C=O) groups is 5. The van der Waals surface area contributed by atoms with Gasteiger partial charge in [0.1, 0.15) is 18.1 Å². The van der Waals surface area contributed by atoms with E-state index in [1.54, 1.807) is 13.8 Å². The van der Waals surface area contributed by atoms with E-state index >= 15 is 0 Å². The third-order valence-corrected chi connectivity index (χ3v) is 5.67. The third kappa shape index (κ3) is 13.0. The van der Waals surface area contributed by atoms with Gasteiger partial charge in [0.2, 0.25) is 17.7 Å². The Morgan fingerprint density at radius 3 is 1.80 bits per heavy atom. The van der Waals surface area contributed by atoms with E-state index < -0.39 is 60.2 Å². The van der Waals surface area contributed by atoms with E-state index in [-0.39, 0.29) is 12.3 Å². The second kappa shape index (κ2) is 17.6. The van der Waals surface area contributed by atoms with Crippen LogP contribution < -0.4 is 33.2 Å². The largest absolute Gasteiger partial charge is 0.481 e. The van der Waals surface area contributed by atoms with E-state index in [2.05, 4.69) is 16.0 Å². The minimum Gasteiger partial charge on any atom is -0.481 e. The smallest absolute Gasteiger partial charge is 0.326 e. The van der Waals surface area contributed by atoms with Crippen molar-refractivity contribution in [1.82, 2.24) is 16.0 Å². The molecular weight excluding hydrogens is 460 g/mol. The molecule has 5 unspecified atom stereocenters. The van der Waals surface area contributed by atoms with Gasteiger partial charge >= 0.3 is 11.9 Å². The number of hydrogen-bond donors (Lipinski definition) is 8. The fourth-order valence-electron chi connectivity index (χ4n) is 3.27. The fourth-order valence-corrected chi connectivity index (χ4v) is 3.27. The lowest BCUT2D eigenvalue weighted by Crippen LogP contribution is -2.59. The molecule has 35 heavy (non-hydrogen) atoms. The second-order valence-electron chi connectivity index (χ2n) is 8.61. The molecule has 0 saturated heterocycles. The molecule has 0 aromatic carbocycles. The highest BCUT2D eigenvalue weighted by Gasteiger charge is 2.33. The van der Waals surface area contributed by atoms with E-state index in [9.17, 15) is 34.2 Å². The summed E-state index contributed by atoms with van der Waals surface area (Å²) in [7, 11) is 0. The Morgan fingerprint density at radius 2 is 1.31 bits per heavy atom. The average Bonchev–Trinajstić information content (AvgIpc) is 2.80. The second-order valence-corrected chi connectivity index (χ2v) is 8.61. The zero-order valence-electron chi connectivity index (χ0n) is 20.6. The number of hydrogen-bond acceptors (Lipinski definition) is 8. The van der Waals surface area contributed by atoms with Crippen LogP contribution in [0.5, 0.6) is 0 Å². The van der Waals surface area contributed by atoms with Crippen LogP contribution in [0.25, 0.3) is 0 Å². The maximum atomic E-state index is 13.0. The Bertz CT molecular complexity index is 706. The van der Waals surface area contributed by atoms with Gasteiger partial charge in [-0.05, 0) is 51.1 Å². The molecule has 0 bridgehead atoms. The summed E-state index contributed by atoms with van der Waals surface area (Å²) in [6, 6.07) is -4.74. The molecule has 5 atom stereocenters. The van der Waals surface area contributed by atoms with Crippen molar-refractivity contribution in [3.8, 4) is 0 Å². The zero-order valence-corrected chi connectivity index (χ0v) is 20.6. The average molecular weight is 503 g/mol. The van der Waals surface area contributed by atoms with Crippen LogP contribution >= 0.6 is 0 Å². The van der Waals surface area contributed by atoms with Gasteiger partial charge in [0.25, 0.3) is 0 Å². The van der Waals surface area contributed by atoms with Gasteiger partial charge in [0.15, 0.2) is 0 Å². The molecule has 13 nitrogen and oxygen atoms in total. The minimum absolute atomic E-state index is 0.0968. The molecule has 0 aliphatic rings. The van der Waals surface area contributed by atoms with Crippen molar-refractivity contribution in [2.45, 2.75) is 89.4 Å². The SMILES string of the molecule is CCC(C)C(NC(=O)C(N)CCCCN)C(=O)NC(CC(=O)O)C(=O)NC(CCCCN)C(=O)O. The van der Waals surface area contributed by atoms with Gasteiger partial charge in [0.05, 0.1) is 12.5 Å². The number of carboxylic acids is 2. The van der Waals surface area contributed by atoms with Gasteiger partial charge in [-0.1, -0.05) is 26.7 Å². The molecule has 11 N–H and O–H groups in total. The van der Waals surface area contributed by atoms with Crippen molar-refractivity contribution in [3.05, 3.63) is 0 Å². The van der Waals surface area contributed by atoms with E-state index in [0.29, 0.717) is 51.6 Å². The topological polar surface area (TPSA) is 240 Å². The number of nitrogens with one attached hydrogen (secondary N) is 3. The lowest BCUT2D eigenvalue weighted by atomic mass is 9.97. The number of rotatable bonds is 19. The lowest BCUT2D eigenvalue weighted by Gasteiger charge is -2.27. The Hall–Kier alpha value is -2.77. The molecule has 0 saturated carbocycles. The quantitative estimate of drug-likeness (QED) is 0.0963. The standard InChI is InChI=1S/C22H42N6O7/c1-3-13(2)18(28-19(31)14(25)8-4-6-10-23)21(33)27-16(12-17(29)30)20(32)26-15(22(34)35)9-5-7-11-24/h13-16,18H,3-12,23-25H2,1-2H3,(H,26,32)(H,27,33)(H,28,31)(H,29,30)(H,34,35). The maximum absolute atomic E-state index is 13.0. The molecule has 0 spiro atoms. The van der Waals surface area contributed by atoms with Crippen molar-refractivity contribution in [2.75, 3.05) is 13.1 Å². The number of nitrogens with two attached hydrogens (primary N) is 3. The van der Waals surface area contributed by atoms with E-state index in [0.717, 1.165) is 0 Å². The first-order valence-electron chi connectivity index (χ1n) is 12.0. The first-order chi connectivity index (χ1) is 16.5. The van der Waals surface area contributed by atoms with E-state index in [4.69, 9.17) is 17.2 Å². The molecule has 0 aliphatic heterocycles. The number of carbonyl (C=O) groups excluding carboxylic acids is 3. The highest BCUT2D eigenvalue weighted by molar-refractivity contribution is 5.95. The van der Waals surface area contributed by atoms with Crippen LogP contribution in [-0.2, 0) is 24.0 Å². The summed E-state index contributed by atoms with van der Waals surface area (Å²) < 4.78 is 0. The summed E-state index contributed by atoms with van der Waals surface area (Å²) >= 11 is 0. The van der Waals surface area contributed by atoms with Crippen LogP contribution in [0.4, 0.5) is 0 Å². The molecule has 0 heterocycles. The highest BCUT2D eigenvalue weighted by atomic mass is 16.4. The van der Waals surface area contributed by atoms with Crippen LogP contribution in [0.2, 0.25) is 0 Å². The normalized spacial score (nSPS) is 15.2. The minimum atomic E-state index is -1.54. The predicted octanol–water partition coefficient (Wildman–Crippen LogP) is -1.37. The lowest BCUT2D eigenvalue weighted by molar-refractivity contribution is -0.144. The van der Waals surface area contributed by atoms with Crippen molar-refractivity contribution in [3.63, 3.8) is 0 Å². The number of amides is 3. The molecule has 0 rings (SSSR count). The van der Waals surface area contributed by atoms with Gasteiger partial charge in [-0.3, -0.25) is 19.2 Å². The summed E-state index contributed by atoms with van der Waals surface area (Å²) in [6.07, 6.45) is 2.54. The molecule has 0 aromatic rings. The summed E-state index contributed by atoms with van der Waals surface area (Å²) in [5.74, 6) is -5.28. The molecule has 0 radical (unpaired) electrons. The maximum Gasteiger partial charge on any atom is 0.326 e. The summed E-state index contributed by atoms with van der Waals surface area (Å²) in [5, 5.41) is 25.8. The van der Waals surface area contributed by atoms with Crippen LogP contribution in [0.1, 0.15) is 65.2 Å². The number of aliphatic carboxylic acids is 2. The summed E-state index contributed by atoms with van der Waals surface area (Å²) in [4.78, 5) is 61.0. The Morgan fingerprint density at radius 1 is 0.771 bits per heavy atom. The van der Waals surface area contributed by atoms with Gasteiger partial charge < -0.3 is 43.4 Å². The zero-order chi connectivity index (χ0) is 27.0. The first-order valence-corrected chi connectivity index (χ1v) is 12.0. The number of unbranched alkanes of at least 4 members (excludes halogenated alkanes) is 2. The molecule has 3 amide bonds.